The van der Waals surface area contributed by atoms with Crippen molar-refractivity contribution in [3.63, 3.8) is 0 Å². The van der Waals surface area contributed by atoms with Gasteiger partial charge in [0.1, 0.15) is 5.82 Å². The van der Waals surface area contributed by atoms with Gasteiger partial charge in [0.05, 0.1) is 6.61 Å². The molecule has 6 nitrogen and oxygen atoms in total. The lowest BCUT2D eigenvalue weighted by Gasteiger charge is -2.21. The SMILES string of the molecule is C=CCN(CCO)c1ccc2nnc(C(C)(C)C)n2n1. The van der Waals surface area contributed by atoms with Crippen LogP contribution in [0, 0.1) is 0 Å². The molecular weight excluding hydrogens is 254 g/mol. The summed E-state index contributed by atoms with van der Waals surface area (Å²) in [5.74, 6) is 1.59. The topological polar surface area (TPSA) is 66.5 Å². The Labute approximate surface area is 118 Å². The van der Waals surface area contributed by atoms with Gasteiger partial charge in [0.2, 0.25) is 0 Å². The zero-order chi connectivity index (χ0) is 14.8. The molecule has 0 aliphatic carbocycles. The summed E-state index contributed by atoms with van der Waals surface area (Å²) in [6.07, 6.45) is 1.79. The van der Waals surface area contributed by atoms with Crippen molar-refractivity contribution in [2.45, 2.75) is 26.2 Å². The molecule has 2 aromatic heterocycles. The van der Waals surface area contributed by atoms with Crippen LogP contribution in [-0.4, -0.2) is 44.6 Å². The molecule has 0 amide bonds. The summed E-state index contributed by atoms with van der Waals surface area (Å²) in [6, 6.07) is 3.77. The average molecular weight is 275 g/mol. The number of aromatic nitrogens is 4. The highest BCUT2D eigenvalue weighted by atomic mass is 16.3. The van der Waals surface area contributed by atoms with E-state index in [1.807, 2.05) is 17.0 Å². The minimum Gasteiger partial charge on any atom is -0.395 e. The summed E-state index contributed by atoms with van der Waals surface area (Å²) in [5.41, 5.74) is 0.590. The first kappa shape index (κ1) is 14.5. The third-order valence-corrected chi connectivity index (χ3v) is 2.96. The van der Waals surface area contributed by atoms with Crippen molar-refractivity contribution in [2.24, 2.45) is 0 Å². The first-order chi connectivity index (χ1) is 9.47. The standard InChI is InChI=1S/C14H21N5O/c1-5-8-18(9-10-20)12-7-6-11-15-16-13(14(2,3)4)19(11)17-12/h5-7,20H,1,8-10H2,2-4H3. The predicted octanol–water partition coefficient (Wildman–Crippen LogP) is 1.41. The van der Waals surface area contributed by atoms with Gasteiger partial charge in [-0.1, -0.05) is 26.8 Å². The second kappa shape index (κ2) is 5.58. The van der Waals surface area contributed by atoms with E-state index in [2.05, 4.69) is 42.6 Å². The van der Waals surface area contributed by atoms with E-state index in [-0.39, 0.29) is 12.0 Å². The predicted molar refractivity (Wildman–Crippen MR) is 79.0 cm³/mol. The van der Waals surface area contributed by atoms with Gasteiger partial charge in [0.25, 0.3) is 0 Å². The number of nitrogens with zero attached hydrogens (tertiary/aromatic N) is 5. The maximum atomic E-state index is 9.15. The molecule has 20 heavy (non-hydrogen) atoms. The molecule has 0 unspecified atom stereocenters. The summed E-state index contributed by atoms with van der Waals surface area (Å²) in [5, 5.41) is 22.1. The quantitative estimate of drug-likeness (QED) is 0.836. The normalized spacial score (nSPS) is 11.8. The molecule has 0 aromatic carbocycles. The van der Waals surface area contributed by atoms with Crippen molar-refractivity contribution in [1.82, 2.24) is 19.8 Å². The van der Waals surface area contributed by atoms with E-state index in [9.17, 15) is 0 Å². The Morgan fingerprint density at radius 3 is 2.70 bits per heavy atom. The molecule has 0 saturated heterocycles. The number of aliphatic hydroxyl groups is 1. The van der Waals surface area contributed by atoms with Crippen molar-refractivity contribution < 1.29 is 5.11 Å². The minimum atomic E-state index is -0.134. The van der Waals surface area contributed by atoms with E-state index in [4.69, 9.17) is 5.11 Å². The molecule has 0 spiro atoms. The summed E-state index contributed by atoms with van der Waals surface area (Å²) in [4.78, 5) is 1.96. The highest BCUT2D eigenvalue weighted by Crippen LogP contribution is 2.21. The third kappa shape index (κ3) is 2.80. The van der Waals surface area contributed by atoms with E-state index in [0.717, 1.165) is 17.3 Å². The molecule has 2 aromatic rings. The number of anilines is 1. The molecule has 0 aliphatic rings. The Balaban J connectivity index is 2.48. The number of rotatable bonds is 5. The maximum absolute atomic E-state index is 9.15. The fourth-order valence-corrected chi connectivity index (χ4v) is 1.99. The van der Waals surface area contributed by atoms with Crippen molar-refractivity contribution in [3.05, 3.63) is 30.6 Å². The highest BCUT2D eigenvalue weighted by molar-refractivity contribution is 5.46. The first-order valence-electron chi connectivity index (χ1n) is 6.67. The summed E-state index contributed by atoms with van der Waals surface area (Å²) in [7, 11) is 0. The Morgan fingerprint density at radius 1 is 1.35 bits per heavy atom. The number of aliphatic hydroxyl groups excluding tert-OH is 1. The van der Waals surface area contributed by atoms with Crippen LogP contribution in [-0.2, 0) is 5.41 Å². The van der Waals surface area contributed by atoms with Gasteiger partial charge in [-0.05, 0) is 12.1 Å². The van der Waals surface area contributed by atoms with Gasteiger partial charge in [-0.15, -0.1) is 21.9 Å². The van der Waals surface area contributed by atoms with Crippen LogP contribution in [0.4, 0.5) is 5.82 Å². The third-order valence-electron chi connectivity index (χ3n) is 2.96. The fourth-order valence-electron chi connectivity index (χ4n) is 1.99. The van der Waals surface area contributed by atoms with Crippen LogP contribution in [0.2, 0.25) is 0 Å². The smallest absolute Gasteiger partial charge is 0.178 e. The number of fused-ring (bicyclic) bond motifs is 1. The first-order valence-corrected chi connectivity index (χ1v) is 6.67. The Bertz CT molecular complexity index is 599. The zero-order valence-electron chi connectivity index (χ0n) is 12.2. The molecule has 2 heterocycles. The number of hydrogen-bond acceptors (Lipinski definition) is 5. The molecule has 6 heteroatoms. The lowest BCUT2D eigenvalue weighted by Crippen LogP contribution is -2.28. The van der Waals surface area contributed by atoms with Crippen LogP contribution >= 0.6 is 0 Å². The van der Waals surface area contributed by atoms with Crippen LogP contribution in [0.3, 0.4) is 0 Å². The van der Waals surface area contributed by atoms with Crippen LogP contribution in [0.15, 0.2) is 24.8 Å². The van der Waals surface area contributed by atoms with Crippen molar-refractivity contribution >= 4 is 11.5 Å². The molecule has 0 radical (unpaired) electrons. The van der Waals surface area contributed by atoms with Crippen molar-refractivity contribution in [3.8, 4) is 0 Å². The lowest BCUT2D eigenvalue weighted by molar-refractivity contribution is 0.302. The molecule has 2 rings (SSSR count). The lowest BCUT2D eigenvalue weighted by atomic mass is 9.96. The van der Waals surface area contributed by atoms with Gasteiger partial charge in [-0.25, -0.2) is 0 Å². The Kier molecular flexibility index (Phi) is 4.04. The van der Waals surface area contributed by atoms with Gasteiger partial charge in [-0.2, -0.15) is 4.52 Å². The summed E-state index contributed by atoms with van der Waals surface area (Å²) in [6.45, 7) is 11.2. The van der Waals surface area contributed by atoms with E-state index < -0.39 is 0 Å². The molecule has 0 fully saturated rings. The molecule has 1 N–H and O–H groups in total. The van der Waals surface area contributed by atoms with Crippen LogP contribution in [0.25, 0.3) is 5.65 Å². The fraction of sp³-hybridized carbons (Fsp3) is 0.500. The molecule has 0 atom stereocenters. The molecule has 0 bridgehead atoms. The molecule has 0 aliphatic heterocycles. The van der Waals surface area contributed by atoms with Gasteiger partial charge < -0.3 is 10.0 Å². The monoisotopic (exact) mass is 275 g/mol. The average Bonchev–Trinajstić information content (AvgIpc) is 2.81. The molecule has 0 saturated carbocycles. The summed E-state index contributed by atoms with van der Waals surface area (Å²) < 4.78 is 1.77. The van der Waals surface area contributed by atoms with Gasteiger partial charge in [0, 0.05) is 18.5 Å². The van der Waals surface area contributed by atoms with Gasteiger partial charge in [0.15, 0.2) is 11.5 Å². The van der Waals surface area contributed by atoms with Crippen LogP contribution < -0.4 is 4.90 Å². The second-order valence-corrected chi connectivity index (χ2v) is 5.69. The molecule has 108 valence electrons. The Hall–Kier alpha value is -1.95. The Morgan fingerprint density at radius 2 is 2.10 bits per heavy atom. The van der Waals surface area contributed by atoms with E-state index >= 15 is 0 Å². The van der Waals surface area contributed by atoms with E-state index in [0.29, 0.717) is 13.1 Å². The van der Waals surface area contributed by atoms with Gasteiger partial charge in [-0.3, -0.25) is 0 Å². The zero-order valence-corrected chi connectivity index (χ0v) is 12.2. The highest BCUT2D eigenvalue weighted by Gasteiger charge is 2.22. The number of hydrogen-bond donors (Lipinski definition) is 1. The minimum absolute atomic E-state index is 0.0713. The largest absolute Gasteiger partial charge is 0.395 e. The van der Waals surface area contributed by atoms with Gasteiger partial charge >= 0.3 is 0 Å². The maximum Gasteiger partial charge on any atom is 0.178 e. The van der Waals surface area contributed by atoms with Crippen molar-refractivity contribution in [2.75, 3.05) is 24.6 Å². The van der Waals surface area contributed by atoms with Crippen molar-refractivity contribution in [1.29, 1.82) is 0 Å². The van der Waals surface area contributed by atoms with Crippen LogP contribution in [0.1, 0.15) is 26.6 Å². The van der Waals surface area contributed by atoms with E-state index in [1.54, 1.807) is 10.6 Å². The van der Waals surface area contributed by atoms with Crippen LogP contribution in [0.5, 0.6) is 0 Å². The summed E-state index contributed by atoms with van der Waals surface area (Å²) >= 11 is 0. The van der Waals surface area contributed by atoms with E-state index in [1.165, 1.54) is 0 Å². The molecular formula is C14H21N5O. The second-order valence-electron chi connectivity index (χ2n) is 5.69.